The van der Waals surface area contributed by atoms with Gasteiger partial charge in [-0.1, -0.05) is 30.3 Å². The first kappa shape index (κ1) is 12.9. The molecule has 2 rings (SSSR count). The van der Waals surface area contributed by atoms with Crippen LogP contribution in [0.3, 0.4) is 0 Å². The van der Waals surface area contributed by atoms with Crippen molar-refractivity contribution in [2.75, 3.05) is 13.1 Å². The second-order valence-corrected chi connectivity index (χ2v) is 4.65. The summed E-state index contributed by atoms with van der Waals surface area (Å²) in [5.74, 6) is 5.05. The highest BCUT2D eigenvalue weighted by Gasteiger charge is 2.20. The normalized spacial score (nSPS) is 17.4. The standard InChI is InChI=1S/C13H20N4O/c14-16-13(18)15-12-6-8-17(9-7-12)10-11-4-2-1-3-5-11/h1-5,12H,6-10,14H2,(H2,15,16,18). The molecule has 1 aliphatic heterocycles. The Morgan fingerprint density at radius 2 is 1.94 bits per heavy atom. The van der Waals surface area contributed by atoms with Gasteiger partial charge in [-0.25, -0.2) is 10.6 Å². The number of piperidine rings is 1. The summed E-state index contributed by atoms with van der Waals surface area (Å²) in [6.07, 6.45) is 1.94. The number of rotatable bonds is 3. The summed E-state index contributed by atoms with van der Waals surface area (Å²) in [7, 11) is 0. The molecule has 0 radical (unpaired) electrons. The molecular weight excluding hydrogens is 228 g/mol. The van der Waals surface area contributed by atoms with Crippen LogP contribution in [0.1, 0.15) is 18.4 Å². The maximum Gasteiger partial charge on any atom is 0.329 e. The second-order valence-electron chi connectivity index (χ2n) is 4.65. The van der Waals surface area contributed by atoms with Gasteiger partial charge in [0.1, 0.15) is 0 Å². The number of nitrogens with one attached hydrogen (secondary N) is 2. The Kier molecular flexibility index (Phi) is 4.55. The minimum atomic E-state index is -0.295. The third kappa shape index (κ3) is 3.72. The van der Waals surface area contributed by atoms with E-state index >= 15 is 0 Å². The predicted octanol–water partition coefficient (Wildman–Crippen LogP) is 0.824. The lowest BCUT2D eigenvalue weighted by Gasteiger charge is -2.32. The molecule has 0 unspecified atom stereocenters. The van der Waals surface area contributed by atoms with Crippen LogP contribution in [-0.4, -0.2) is 30.1 Å². The van der Waals surface area contributed by atoms with Gasteiger partial charge in [0.05, 0.1) is 0 Å². The summed E-state index contributed by atoms with van der Waals surface area (Å²) in [6, 6.07) is 10.4. The first-order valence-corrected chi connectivity index (χ1v) is 6.31. The zero-order valence-corrected chi connectivity index (χ0v) is 10.4. The van der Waals surface area contributed by atoms with E-state index in [0.29, 0.717) is 0 Å². The number of carbonyl (C=O) groups excluding carboxylic acids is 1. The number of hydrazine groups is 1. The molecule has 0 spiro atoms. The van der Waals surface area contributed by atoms with Crippen molar-refractivity contribution in [1.82, 2.24) is 15.6 Å². The molecule has 0 bridgehead atoms. The van der Waals surface area contributed by atoms with Crippen LogP contribution >= 0.6 is 0 Å². The molecule has 1 aromatic carbocycles. The highest BCUT2D eigenvalue weighted by atomic mass is 16.2. The van der Waals surface area contributed by atoms with Gasteiger partial charge in [0.2, 0.25) is 0 Å². The first-order chi connectivity index (χ1) is 8.78. The topological polar surface area (TPSA) is 70.4 Å². The third-order valence-corrected chi connectivity index (χ3v) is 3.30. The van der Waals surface area contributed by atoms with E-state index in [9.17, 15) is 4.79 Å². The molecule has 5 heteroatoms. The molecule has 1 aromatic rings. The van der Waals surface area contributed by atoms with Crippen molar-refractivity contribution in [1.29, 1.82) is 0 Å². The van der Waals surface area contributed by atoms with Crippen LogP contribution in [-0.2, 0) is 6.54 Å². The summed E-state index contributed by atoms with van der Waals surface area (Å²) >= 11 is 0. The molecule has 0 aromatic heterocycles. The van der Waals surface area contributed by atoms with Gasteiger partial charge < -0.3 is 5.32 Å². The number of likely N-dealkylation sites (tertiary alicyclic amines) is 1. The summed E-state index contributed by atoms with van der Waals surface area (Å²) in [5, 5.41) is 2.85. The number of amides is 2. The average molecular weight is 248 g/mol. The molecule has 1 aliphatic rings. The van der Waals surface area contributed by atoms with Crippen LogP contribution in [0.25, 0.3) is 0 Å². The Morgan fingerprint density at radius 1 is 1.28 bits per heavy atom. The van der Waals surface area contributed by atoms with Crippen molar-refractivity contribution in [3.05, 3.63) is 35.9 Å². The van der Waals surface area contributed by atoms with Crippen LogP contribution in [0.5, 0.6) is 0 Å². The Morgan fingerprint density at radius 3 is 2.56 bits per heavy atom. The van der Waals surface area contributed by atoms with Gasteiger partial charge in [-0.2, -0.15) is 0 Å². The van der Waals surface area contributed by atoms with E-state index < -0.39 is 0 Å². The van der Waals surface area contributed by atoms with Gasteiger partial charge in [0, 0.05) is 25.7 Å². The van der Waals surface area contributed by atoms with E-state index in [2.05, 4.69) is 39.9 Å². The largest absolute Gasteiger partial charge is 0.334 e. The fraction of sp³-hybridized carbons (Fsp3) is 0.462. The van der Waals surface area contributed by atoms with E-state index in [1.54, 1.807) is 0 Å². The number of carbonyl (C=O) groups is 1. The monoisotopic (exact) mass is 248 g/mol. The van der Waals surface area contributed by atoms with Gasteiger partial charge >= 0.3 is 6.03 Å². The predicted molar refractivity (Wildman–Crippen MR) is 70.6 cm³/mol. The second kappa shape index (κ2) is 6.37. The molecule has 4 N–H and O–H groups in total. The van der Waals surface area contributed by atoms with Crippen molar-refractivity contribution in [3.8, 4) is 0 Å². The van der Waals surface area contributed by atoms with Crippen molar-refractivity contribution in [2.24, 2.45) is 5.84 Å². The van der Waals surface area contributed by atoms with E-state index in [-0.39, 0.29) is 12.1 Å². The molecule has 0 aliphatic carbocycles. The lowest BCUT2D eigenvalue weighted by atomic mass is 10.0. The summed E-state index contributed by atoms with van der Waals surface area (Å²) < 4.78 is 0. The van der Waals surface area contributed by atoms with Gasteiger partial charge in [0.15, 0.2) is 0 Å². The molecule has 1 saturated heterocycles. The maximum atomic E-state index is 11.1. The highest BCUT2D eigenvalue weighted by Crippen LogP contribution is 2.13. The molecule has 0 atom stereocenters. The zero-order valence-electron chi connectivity index (χ0n) is 10.4. The number of benzene rings is 1. The summed E-state index contributed by atoms with van der Waals surface area (Å²) in [6.45, 7) is 2.99. The van der Waals surface area contributed by atoms with Crippen molar-refractivity contribution in [3.63, 3.8) is 0 Å². The Hall–Kier alpha value is -1.59. The van der Waals surface area contributed by atoms with Crippen LogP contribution in [0.2, 0.25) is 0 Å². The van der Waals surface area contributed by atoms with E-state index in [4.69, 9.17) is 5.84 Å². The summed E-state index contributed by atoms with van der Waals surface area (Å²) in [5.41, 5.74) is 3.44. The van der Waals surface area contributed by atoms with Gasteiger partial charge in [0.25, 0.3) is 0 Å². The molecule has 18 heavy (non-hydrogen) atoms. The SMILES string of the molecule is NNC(=O)NC1CCN(Cc2ccccc2)CC1. The Bertz CT molecular complexity index is 374. The first-order valence-electron chi connectivity index (χ1n) is 6.31. The molecule has 5 nitrogen and oxygen atoms in total. The quantitative estimate of drug-likeness (QED) is 0.421. The maximum absolute atomic E-state index is 11.1. The van der Waals surface area contributed by atoms with Gasteiger partial charge in [-0.15, -0.1) is 0 Å². The van der Waals surface area contributed by atoms with Crippen molar-refractivity contribution < 1.29 is 4.79 Å². The molecule has 1 fully saturated rings. The fourth-order valence-corrected chi connectivity index (χ4v) is 2.30. The van der Waals surface area contributed by atoms with E-state index in [1.165, 1.54) is 5.56 Å². The lowest BCUT2D eigenvalue weighted by molar-refractivity contribution is 0.186. The smallest absolute Gasteiger partial charge is 0.329 e. The van der Waals surface area contributed by atoms with Gasteiger partial charge in [-0.05, 0) is 18.4 Å². The van der Waals surface area contributed by atoms with Crippen molar-refractivity contribution >= 4 is 6.03 Å². The van der Waals surface area contributed by atoms with Crippen LogP contribution in [0.15, 0.2) is 30.3 Å². The average Bonchev–Trinajstić information content (AvgIpc) is 2.42. The number of hydrogen-bond donors (Lipinski definition) is 3. The Labute approximate surface area is 107 Å². The Balaban J connectivity index is 1.75. The molecule has 0 saturated carbocycles. The third-order valence-electron chi connectivity index (χ3n) is 3.30. The fourth-order valence-electron chi connectivity index (χ4n) is 2.30. The lowest BCUT2D eigenvalue weighted by Crippen LogP contribution is -2.49. The van der Waals surface area contributed by atoms with E-state index in [1.807, 2.05) is 6.07 Å². The molecule has 98 valence electrons. The van der Waals surface area contributed by atoms with Gasteiger partial charge in [-0.3, -0.25) is 10.3 Å². The minimum absolute atomic E-state index is 0.237. The van der Waals surface area contributed by atoms with Crippen LogP contribution in [0, 0.1) is 0 Å². The number of nitrogens with zero attached hydrogens (tertiary/aromatic N) is 1. The zero-order chi connectivity index (χ0) is 12.8. The highest BCUT2D eigenvalue weighted by molar-refractivity contribution is 5.73. The number of nitrogens with two attached hydrogens (primary N) is 1. The molecular formula is C13H20N4O. The number of urea groups is 1. The minimum Gasteiger partial charge on any atom is -0.334 e. The molecule has 1 heterocycles. The van der Waals surface area contributed by atoms with Crippen LogP contribution in [0.4, 0.5) is 4.79 Å². The van der Waals surface area contributed by atoms with Crippen molar-refractivity contribution in [2.45, 2.75) is 25.4 Å². The van der Waals surface area contributed by atoms with E-state index in [0.717, 1.165) is 32.5 Å². The number of hydrogen-bond acceptors (Lipinski definition) is 3. The van der Waals surface area contributed by atoms with Crippen LogP contribution < -0.4 is 16.6 Å². The molecule has 2 amide bonds. The summed E-state index contributed by atoms with van der Waals surface area (Å²) in [4.78, 5) is 13.5.